The number of nitrogens with one attached hydrogen (secondary N) is 1. The Hall–Kier alpha value is -2.63. The molecule has 272 valence electrons. The fraction of sp³-hybridized carbons (Fsp3) is 0.615. The third-order valence-corrected chi connectivity index (χ3v) is 14.6. The van der Waals surface area contributed by atoms with Gasteiger partial charge in [0, 0.05) is 49.3 Å². The second kappa shape index (κ2) is 14.4. The van der Waals surface area contributed by atoms with E-state index < -0.39 is 26.8 Å². The Kier molecular flexibility index (Phi) is 10.3. The summed E-state index contributed by atoms with van der Waals surface area (Å²) in [6, 6.07) is 11.6. The molecular weight excluding hydrogens is 674 g/mol. The molecule has 7 rings (SSSR count). The molecule has 3 heterocycles. The third kappa shape index (κ3) is 7.07. The van der Waals surface area contributed by atoms with Crippen molar-refractivity contribution < 1.29 is 27.4 Å². The lowest BCUT2D eigenvalue weighted by Crippen LogP contribution is -2.52. The van der Waals surface area contributed by atoms with Crippen LogP contribution in [-0.2, 0) is 31.3 Å². The Balaban J connectivity index is 1.26. The molecule has 1 spiro atoms. The molecule has 11 heteroatoms. The number of hydrogen-bond donors (Lipinski definition) is 1. The number of allylic oxidation sites excluding steroid dienone is 1. The predicted octanol–water partition coefficient (Wildman–Crippen LogP) is 5.99. The van der Waals surface area contributed by atoms with Crippen LogP contribution in [0.3, 0.4) is 0 Å². The molecule has 2 aliphatic carbocycles. The van der Waals surface area contributed by atoms with Crippen LogP contribution in [0.5, 0.6) is 5.75 Å². The van der Waals surface area contributed by atoms with Gasteiger partial charge in [-0.25, -0.2) is 13.1 Å². The molecule has 2 aromatic carbocycles. The minimum Gasteiger partial charge on any atom is -0.490 e. The van der Waals surface area contributed by atoms with Crippen molar-refractivity contribution in [1.82, 2.24) is 9.62 Å². The van der Waals surface area contributed by atoms with Crippen LogP contribution in [0.25, 0.3) is 0 Å². The molecule has 2 bridgehead atoms. The van der Waals surface area contributed by atoms with E-state index in [1.54, 1.807) is 13.2 Å². The van der Waals surface area contributed by atoms with Crippen LogP contribution in [0.15, 0.2) is 48.6 Å². The Bertz CT molecular complexity index is 1710. The number of nitrogens with zero attached hydrogens (tertiary/aromatic N) is 2. The number of benzene rings is 2. The Morgan fingerprint density at radius 3 is 2.70 bits per heavy atom. The number of fused-ring (bicyclic) bond motifs is 4. The number of sulfonamides is 1. The van der Waals surface area contributed by atoms with E-state index in [9.17, 15) is 13.2 Å². The van der Waals surface area contributed by atoms with Crippen LogP contribution in [0.1, 0.15) is 73.9 Å². The van der Waals surface area contributed by atoms with Gasteiger partial charge in [-0.1, -0.05) is 36.7 Å². The average Bonchev–Trinajstić information content (AvgIpc) is 3.23. The lowest BCUT2D eigenvalue weighted by Gasteiger charge is -2.49. The zero-order chi connectivity index (χ0) is 35.1. The molecule has 2 fully saturated rings. The molecule has 1 saturated carbocycles. The summed E-state index contributed by atoms with van der Waals surface area (Å²) in [5.41, 5.74) is 2.95. The van der Waals surface area contributed by atoms with Gasteiger partial charge in [-0.3, -0.25) is 9.69 Å². The quantitative estimate of drug-likeness (QED) is 0.384. The molecule has 0 radical (unpaired) electrons. The van der Waals surface area contributed by atoms with Gasteiger partial charge in [0.2, 0.25) is 10.0 Å². The molecular formula is C39H52ClN3O6S. The molecule has 50 heavy (non-hydrogen) atoms. The van der Waals surface area contributed by atoms with Crippen LogP contribution in [-0.4, -0.2) is 89.7 Å². The van der Waals surface area contributed by atoms with Crippen LogP contribution >= 0.6 is 11.6 Å². The number of morpholine rings is 1. The van der Waals surface area contributed by atoms with E-state index in [1.165, 1.54) is 11.1 Å². The van der Waals surface area contributed by atoms with Gasteiger partial charge in [0.1, 0.15) is 5.75 Å². The highest BCUT2D eigenvalue weighted by atomic mass is 35.5. The highest BCUT2D eigenvalue weighted by Crippen LogP contribution is 2.49. The van der Waals surface area contributed by atoms with Crippen molar-refractivity contribution in [3.8, 4) is 5.75 Å². The van der Waals surface area contributed by atoms with Crippen molar-refractivity contribution in [3.05, 3.63) is 70.3 Å². The summed E-state index contributed by atoms with van der Waals surface area (Å²) < 4.78 is 49.1. The number of amides is 1. The first-order valence-corrected chi connectivity index (χ1v) is 20.3. The average molecular weight is 726 g/mol. The molecule has 0 unspecified atom stereocenters. The highest BCUT2D eigenvalue weighted by Gasteiger charge is 2.47. The van der Waals surface area contributed by atoms with E-state index >= 15 is 0 Å². The van der Waals surface area contributed by atoms with Crippen LogP contribution in [0.4, 0.5) is 5.69 Å². The topological polar surface area (TPSA) is 97.4 Å². The summed E-state index contributed by atoms with van der Waals surface area (Å²) in [4.78, 5) is 18.5. The van der Waals surface area contributed by atoms with Gasteiger partial charge in [-0.2, -0.15) is 0 Å². The van der Waals surface area contributed by atoms with Crippen LogP contribution in [0.2, 0.25) is 5.02 Å². The molecule has 6 atom stereocenters. The minimum absolute atomic E-state index is 0.218. The number of carbonyl (C=O) groups excluding carboxylic acids is 1. The van der Waals surface area contributed by atoms with Crippen LogP contribution in [0, 0.1) is 17.8 Å². The normalized spacial score (nSPS) is 33.6. The monoisotopic (exact) mass is 725 g/mol. The zero-order valence-corrected chi connectivity index (χ0v) is 31.2. The molecule has 1 N–H and O–H groups in total. The van der Waals surface area contributed by atoms with E-state index in [4.69, 9.17) is 25.8 Å². The number of rotatable bonds is 4. The van der Waals surface area contributed by atoms with E-state index in [0.29, 0.717) is 62.4 Å². The maximum Gasteiger partial charge on any atom is 0.264 e. The number of aryl methyl sites for hydroxylation is 1. The van der Waals surface area contributed by atoms with E-state index in [1.807, 2.05) is 25.1 Å². The standard InChI is InChI=1S/C39H52ClN3O6S/c1-27-6-4-15-38(2,47-3)32-11-8-30(32)24-43-25-39(16-5-7-28-22-31(40)10-12-33(28)39)26-49-35-13-9-29(23-34(35)43)37(44)41-50(45,46)36(27)14-17-42-18-20-48-21-19-42/h4,9-10,12-13,15,22-23,27,30,32,36H,5-8,11,14,16-21,24-26H2,1-3H3,(H,41,44)/b15-4-/t27-,30-,32+,36+,38-,39-/m0/s1. The Morgan fingerprint density at radius 1 is 1.12 bits per heavy atom. The van der Waals surface area contributed by atoms with Crippen molar-refractivity contribution in [3.63, 3.8) is 0 Å². The molecule has 1 amide bonds. The number of ether oxygens (including phenoxy) is 3. The molecule has 0 aromatic heterocycles. The summed E-state index contributed by atoms with van der Waals surface area (Å²) in [5.74, 6) is 0.546. The zero-order valence-electron chi connectivity index (χ0n) is 29.7. The largest absolute Gasteiger partial charge is 0.490 e. The van der Waals surface area contributed by atoms with E-state index in [2.05, 4.69) is 45.7 Å². The number of hydrogen-bond acceptors (Lipinski definition) is 8. The summed E-state index contributed by atoms with van der Waals surface area (Å²) >= 11 is 6.46. The Morgan fingerprint density at radius 2 is 1.94 bits per heavy atom. The third-order valence-electron chi connectivity index (χ3n) is 12.4. The number of methoxy groups -OCH3 is 1. The first-order valence-electron chi connectivity index (χ1n) is 18.4. The first-order chi connectivity index (χ1) is 24.0. The molecule has 3 aliphatic heterocycles. The van der Waals surface area contributed by atoms with Gasteiger partial charge in [-0.15, -0.1) is 0 Å². The van der Waals surface area contributed by atoms with Gasteiger partial charge in [0.15, 0.2) is 0 Å². The molecule has 2 aromatic rings. The summed E-state index contributed by atoms with van der Waals surface area (Å²) in [6.07, 6.45) is 10.4. The molecule has 5 aliphatic rings. The van der Waals surface area contributed by atoms with Crippen LogP contribution < -0.4 is 14.4 Å². The first kappa shape index (κ1) is 35.8. The molecule has 1 saturated heterocycles. The van der Waals surface area contributed by atoms with E-state index in [0.717, 1.165) is 69.0 Å². The van der Waals surface area contributed by atoms with Gasteiger partial charge in [-0.05, 0) is 118 Å². The van der Waals surface area contributed by atoms with Gasteiger partial charge in [0.25, 0.3) is 5.91 Å². The lowest BCUT2D eigenvalue weighted by molar-refractivity contribution is -0.0622. The SMILES string of the molecule is CO[C@@]1(C)/C=C\C[C@H](C)[C@@H](CCN2CCOCC2)S(=O)(=O)NC(=O)c2ccc3c(c2)N(C[C@@H]2CC[C@H]21)C[C@@]1(CCCc2cc(Cl)ccc21)CO3. The fourth-order valence-electron chi connectivity index (χ4n) is 9.24. The number of carbonyl (C=O) groups is 1. The predicted molar refractivity (Wildman–Crippen MR) is 197 cm³/mol. The van der Waals surface area contributed by atoms with Crippen molar-refractivity contribution in [2.75, 3.05) is 64.6 Å². The maximum atomic E-state index is 14.1. The number of anilines is 1. The van der Waals surface area contributed by atoms with Crippen molar-refractivity contribution in [1.29, 1.82) is 0 Å². The second-order valence-corrected chi connectivity index (χ2v) is 17.8. The van der Waals surface area contributed by atoms with Gasteiger partial charge in [0.05, 0.1) is 36.4 Å². The van der Waals surface area contributed by atoms with E-state index in [-0.39, 0.29) is 11.3 Å². The lowest BCUT2D eigenvalue weighted by atomic mass is 9.64. The molecule has 9 nitrogen and oxygen atoms in total. The second-order valence-electron chi connectivity index (χ2n) is 15.5. The van der Waals surface area contributed by atoms with Crippen molar-refractivity contribution in [2.24, 2.45) is 17.8 Å². The highest BCUT2D eigenvalue weighted by molar-refractivity contribution is 7.90. The summed E-state index contributed by atoms with van der Waals surface area (Å²) in [7, 11) is -2.24. The Labute approximate surface area is 302 Å². The van der Waals surface area contributed by atoms with Gasteiger partial charge < -0.3 is 19.1 Å². The maximum absolute atomic E-state index is 14.1. The number of halogens is 1. The fourth-order valence-corrected chi connectivity index (χ4v) is 11.1. The summed E-state index contributed by atoms with van der Waals surface area (Å²) in [6.45, 7) is 9.62. The summed E-state index contributed by atoms with van der Waals surface area (Å²) in [5, 5.41) is -0.00585. The van der Waals surface area contributed by atoms with Gasteiger partial charge >= 0.3 is 0 Å². The van der Waals surface area contributed by atoms with Crippen molar-refractivity contribution >= 4 is 33.2 Å². The van der Waals surface area contributed by atoms with Crippen molar-refractivity contribution in [2.45, 2.75) is 75.1 Å². The minimum atomic E-state index is -4.02. The smallest absolute Gasteiger partial charge is 0.264 e.